The molecule has 6 rings (SSSR count). The number of phenolic OH excluding ortho intramolecular Hbond substituents is 1. The van der Waals surface area contributed by atoms with Gasteiger partial charge in [-0.25, -0.2) is 4.79 Å². The summed E-state index contributed by atoms with van der Waals surface area (Å²) in [4.78, 5) is 40.8. The molecule has 0 aliphatic heterocycles. The SMILES string of the molecule is CC(Cc1ccc(OCC(=O)NCCNC2CCC(OC(C(=O)O)(c3cccs3)c3cccs3)CC2)cc1)NC[C@H](O)c1ccc(O)c2[nH]c(=O)ccc12. The topological polar surface area (TPSA) is 182 Å². The smallest absolute Gasteiger partial charge is 0.347 e. The predicted molar refractivity (Wildman–Crippen MR) is 209 cm³/mol. The summed E-state index contributed by atoms with van der Waals surface area (Å²) in [6, 6.07) is 21.3. The van der Waals surface area contributed by atoms with Crippen LogP contribution >= 0.6 is 22.7 Å². The van der Waals surface area contributed by atoms with Crippen LogP contribution in [0.1, 0.15) is 59.6 Å². The average molecular weight is 775 g/mol. The van der Waals surface area contributed by atoms with Crippen LogP contribution in [0.25, 0.3) is 10.9 Å². The van der Waals surface area contributed by atoms with Crippen LogP contribution in [-0.4, -0.2) is 76.6 Å². The zero-order chi connectivity index (χ0) is 38.1. The number of benzene rings is 2. The molecule has 12 nitrogen and oxygen atoms in total. The second-order valence-electron chi connectivity index (χ2n) is 13.6. The Morgan fingerprint density at radius 3 is 2.30 bits per heavy atom. The molecule has 54 heavy (non-hydrogen) atoms. The Morgan fingerprint density at radius 2 is 1.65 bits per heavy atom. The van der Waals surface area contributed by atoms with E-state index in [2.05, 4.69) is 20.9 Å². The number of carbonyl (C=O) groups excluding carboxylic acids is 1. The van der Waals surface area contributed by atoms with Crippen molar-refractivity contribution in [3.63, 3.8) is 0 Å². The molecule has 14 heteroatoms. The van der Waals surface area contributed by atoms with Gasteiger partial charge in [-0.2, -0.15) is 0 Å². The number of aromatic amines is 1. The van der Waals surface area contributed by atoms with Crippen LogP contribution in [0.4, 0.5) is 0 Å². The van der Waals surface area contributed by atoms with Crippen molar-refractivity contribution >= 4 is 45.5 Å². The Hall–Kier alpha value is -4.57. The van der Waals surface area contributed by atoms with Crippen molar-refractivity contribution < 1.29 is 34.4 Å². The molecule has 0 saturated heterocycles. The summed E-state index contributed by atoms with van der Waals surface area (Å²) < 4.78 is 12.2. The van der Waals surface area contributed by atoms with Crippen molar-refractivity contribution in [2.75, 3.05) is 26.2 Å². The number of fused-ring (bicyclic) bond motifs is 1. The maximum Gasteiger partial charge on any atom is 0.347 e. The molecule has 2 atom stereocenters. The number of aliphatic hydroxyl groups is 1. The number of ether oxygens (including phenoxy) is 2. The molecular formula is C40H46N4O8S2. The number of hydrogen-bond donors (Lipinski definition) is 7. The van der Waals surface area contributed by atoms with E-state index in [1.807, 2.05) is 66.2 Å². The van der Waals surface area contributed by atoms with Crippen molar-refractivity contribution in [2.45, 2.75) is 68.9 Å². The van der Waals surface area contributed by atoms with Crippen LogP contribution in [0, 0.1) is 0 Å². The third kappa shape index (κ3) is 9.56. The monoisotopic (exact) mass is 774 g/mol. The van der Waals surface area contributed by atoms with E-state index >= 15 is 0 Å². The second kappa shape index (κ2) is 18.2. The number of aliphatic hydroxyl groups excluding tert-OH is 1. The van der Waals surface area contributed by atoms with E-state index in [1.165, 1.54) is 34.8 Å². The minimum absolute atomic E-state index is 0.0431. The van der Waals surface area contributed by atoms with Crippen LogP contribution in [0.5, 0.6) is 11.5 Å². The van der Waals surface area contributed by atoms with E-state index in [9.17, 15) is 29.7 Å². The molecule has 0 spiro atoms. The first-order valence-electron chi connectivity index (χ1n) is 18.1. The van der Waals surface area contributed by atoms with Gasteiger partial charge in [-0.05, 0) is 97.3 Å². The average Bonchev–Trinajstić information content (AvgIpc) is 3.92. The minimum atomic E-state index is -1.50. The molecule has 5 aromatic rings. The molecule has 3 aromatic heterocycles. The largest absolute Gasteiger partial charge is 0.506 e. The zero-order valence-electron chi connectivity index (χ0n) is 30.0. The Morgan fingerprint density at radius 1 is 0.944 bits per heavy atom. The maximum atomic E-state index is 12.7. The van der Waals surface area contributed by atoms with Gasteiger partial charge in [0.05, 0.1) is 27.5 Å². The lowest BCUT2D eigenvalue weighted by Gasteiger charge is -2.36. The molecule has 0 radical (unpaired) electrons. The van der Waals surface area contributed by atoms with Gasteiger partial charge in [-0.15, -0.1) is 22.7 Å². The number of phenols is 1. The third-order valence-corrected chi connectivity index (χ3v) is 11.6. The van der Waals surface area contributed by atoms with Gasteiger partial charge >= 0.3 is 5.97 Å². The standard InChI is InChI=1S/C40H46N4O8S2/c1-25(43-23-33(46)30-14-16-32(45)38-31(30)15-17-36(47)44-38)22-26-6-10-28(11-7-26)51-24-37(48)42-19-18-41-27-8-12-29(13-9-27)52-40(39(49)50,34-4-2-20-53-34)35-5-3-21-54-35/h2-7,10-11,14-17,20-21,25,27,29,33,41,43,45-46H,8-9,12-13,18-19,22-24H2,1H3,(H,42,48)(H,44,47)(H,49,50)/t25?,27?,29?,33-/m0/s1. The first kappa shape index (κ1) is 39.1. The first-order chi connectivity index (χ1) is 26.1. The summed E-state index contributed by atoms with van der Waals surface area (Å²) in [7, 11) is 0. The Labute approximate surface area is 321 Å². The number of hydrogen-bond acceptors (Lipinski definition) is 11. The van der Waals surface area contributed by atoms with Crippen molar-refractivity contribution in [2.24, 2.45) is 0 Å². The fourth-order valence-corrected chi connectivity index (χ4v) is 8.70. The Kier molecular flexibility index (Phi) is 13.2. The molecule has 7 N–H and O–H groups in total. The van der Waals surface area contributed by atoms with E-state index in [-0.39, 0.29) is 48.6 Å². The van der Waals surface area contributed by atoms with Gasteiger partial charge in [0.1, 0.15) is 11.5 Å². The van der Waals surface area contributed by atoms with Crippen LogP contribution < -0.4 is 26.2 Å². The molecule has 1 aliphatic carbocycles. The molecule has 1 aliphatic rings. The van der Waals surface area contributed by atoms with Crippen LogP contribution in [0.2, 0.25) is 0 Å². The number of nitrogens with one attached hydrogen (secondary N) is 4. The number of carbonyl (C=O) groups is 2. The quantitative estimate of drug-likeness (QED) is 0.0596. The van der Waals surface area contributed by atoms with Gasteiger partial charge in [0.2, 0.25) is 11.2 Å². The fraction of sp³-hybridized carbons (Fsp3) is 0.375. The summed E-state index contributed by atoms with van der Waals surface area (Å²) >= 11 is 2.79. The maximum absolute atomic E-state index is 12.7. The van der Waals surface area contributed by atoms with Gasteiger partial charge in [0.25, 0.3) is 5.91 Å². The lowest BCUT2D eigenvalue weighted by Crippen LogP contribution is -2.45. The molecule has 1 unspecified atom stereocenters. The third-order valence-electron chi connectivity index (χ3n) is 9.70. The number of aromatic hydroxyl groups is 1. The normalized spacial score (nSPS) is 17.2. The highest BCUT2D eigenvalue weighted by Crippen LogP contribution is 2.42. The van der Waals surface area contributed by atoms with Gasteiger partial charge in [0.15, 0.2) is 6.61 Å². The van der Waals surface area contributed by atoms with Gasteiger partial charge < -0.3 is 45.7 Å². The Balaban J connectivity index is 0.864. The van der Waals surface area contributed by atoms with E-state index in [0.717, 1.165) is 31.2 Å². The van der Waals surface area contributed by atoms with Crippen LogP contribution in [0.3, 0.4) is 0 Å². The number of carboxylic acid groups (broad SMARTS) is 1. The highest BCUT2D eigenvalue weighted by molar-refractivity contribution is 7.12. The molecule has 0 bridgehead atoms. The number of aliphatic carboxylic acids is 1. The summed E-state index contributed by atoms with van der Waals surface area (Å²) in [5.74, 6) is -0.675. The number of aromatic nitrogens is 1. The molecule has 1 fully saturated rings. The second-order valence-corrected chi connectivity index (χ2v) is 15.5. The number of amides is 1. The van der Waals surface area contributed by atoms with Crippen molar-refractivity contribution in [1.82, 2.24) is 20.9 Å². The van der Waals surface area contributed by atoms with E-state index in [4.69, 9.17) is 9.47 Å². The van der Waals surface area contributed by atoms with E-state index in [0.29, 0.717) is 51.5 Å². The number of H-pyrrole nitrogens is 1. The van der Waals surface area contributed by atoms with Crippen molar-refractivity contribution in [3.8, 4) is 11.5 Å². The molecule has 2 aromatic carbocycles. The van der Waals surface area contributed by atoms with Crippen LogP contribution in [-0.2, 0) is 26.3 Å². The first-order valence-corrected chi connectivity index (χ1v) is 19.9. The van der Waals surface area contributed by atoms with Gasteiger partial charge in [0, 0.05) is 43.2 Å². The molecule has 1 saturated carbocycles. The minimum Gasteiger partial charge on any atom is -0.506 e. The van der Waals surface area contributed by atoms with Crippen LogP contribution in [0.15, 0.2) is 88.4 Å². The van der Waals surface area contributed by atoms with Crippen molar-refractivity contribution in [3.05, 3.63) is 115 Å². The van der Waals surface area contributed by atoms with Crippen molar-refractivity contribution in [1.29, 1.82) is 0 Å². The fourth-order valence-electron chi connectivity index (χ4n) is 6.89. The lowest BCUT2D eigenvalue weighted by atomic mass is 9.91. The number of rotatable bonds is 18. The number of carboxylic acids is 1. The predicted octanol–water partition coefficient (Wildman–Crippen LogP) is 5.05. The summed E-state index contributed by atoms with van der Waals surface area (Å²) in [6.07, 6.45) is 2.85. The number of thiophene rings is 2. The molecule has 1 amide bonds. The highest BCUT2D eigenvalue weighted by Gasteiger charge is 2.48. The summed E-state index contributed by atoms with van der Waals surface area (Å²) in [6.45, 7) is 3.27. The summed E-state index contributed by atoms with van der Waals surface area (Å²) in [5.41, 5.74) is 0.144. The summed E-state index contributed by atoms with van der Waals surface area (Å²) in [5, 5.41) is 45.4. The van der Waals surface area contributed by atoms with Gasteiger partial charge in [-0.3, -0.25) is 9.59 Å². The Bertz CT molecular complexity index is 1990. The molecule has 3 heterocycles. The zero-order valence-corrected chi connectivity index (χ0v) is 31.6. The molecular weight excluding hydrogens is 729 g/mol. The van der Waals surface area contributed by atoms with Gasteiger partial charge in [-0.1, -0.05) is 30.3 Å². The van der Waals surface area contributed by atoms with E-state index in [1.54, 1.807) is 12.1 Å². The lowest BCUT2D eigenvalue weighted by molar-refractivity contribution is -0.170. The highest BCUT2D eigenvalue weighted by atomic mass is 32.1. The number of pyridine rings is 1. The molecule has 286 valence electrons. The van der Waals surface area contributed by atoms with E-state index < -0.39 is 17.7 Å².